The predicted octanol–water partition coefficient (Wildman–Crippen LogP) is 2.64. The maximum absolute atomic E-state index is 12.2. The van der Waals surface area contributed by atoms with E-state index in [1.165, 1.54) is 6.33 Å². The van der Waals surface area contributed by atoms with Crippen LogP contribution in [-0.4, -0.2) is 44.4 Å². The molecule has 0 spiro atoms. The molecular formula is C22H22N8O. The van der Waals surface area contributed by atoms with Gasteiger partial charge in [0.15, 0.2) is 0 Å². The van der Waals surface area contributed by atoms with Crippen LogP contribution >= 0.6 is 0 Å². The highest BCUT2D eigenvalue weighted by atomic mass is 16.1. The number of benzene rings is 1. The van der Waals surface area contributed by atoms with E-state index in [1.807, 2.05) is 24.3 Å². The highest BCUT2D eigenvalue weighted by Crippen LogP contribution is 2.27. The van der Waals surface area contributed by atoms with E-state index in [2.05, 4.69) is 42.5 Å². The second-order valence-corrected chi connectivity index (χ2v) is 7.08. The lowest BCUT2D eigenvalue weighted by Gasteiger charge is -2.16. The molecule has 3 heterocycles. The first-order chi connectivity index (χ1) is 15.1. The average Bonchev–Trinajstić information content (AvgIpc) is 2.82. The van der Waals surface area contributed by atoms with Crippen molar-refractivity contribution in [2.45, 2.75) is 12.8 Å². The van der Waals surface area contributed by atoms with Crippen molar-refractivity contribution in [2.75, 3.05) is 24.6 Å². The Hall–Kier alpha value is -4.14. The molecular weight excluding hydrogens is 392 g/mol. The quantitative estimate of drug-likeness (QED) is 0.439. The summed E-state index contributed by atoms with van der Waals surface area (Å²) in [5.41, 5.74) is 9.49. The fraction of sp³-hybridized carbons (Fsp3) is 0.182. The van der Waals surface area contributed by atoms with E-state index in [4.69, 9.17) is 5.73 Å². The number of rotatable bonds is 6. The number of carbonyl (C=O) groups excluding carboxylic acids is 1. The minimum absolute atomic E-state index is 0.120. The molecule has 0 aliphatic heterocycles. The Morgan fingerprint density at radius 1 is 1.10 bits per heavy atom. The number of nitrogens with one attached hydrogen (secondary N) is 2. The van der Waals surface area contributed by atoms with E-state index < -0.39 is 0 Å². The van der Waals surface area contributed by atoms with Crippen LogP contribution in [0.3, 0.4) is 0 Å². The fourth-order valence-corrected chi connectivity index (χ4v) is 3.38. The van der Waals surface area contributed by atoms with E-state index in [0.717, 1.165) is 22.0 Å². The second kappa shape index (κ2) is 8.70. The van der Waals surface area contributed by atoms with Crippen LogP contribution in [-0.2, 0) is 0 Å². The third-order valence-corrected chi connectivity index (χ3v) is 5.03. The normalized spacial score (nSPS) is 11.8. The van der Waals surface area contributed by atoms with E-state index in [-0.39, 0.29) is 17.8 Å². The Bertz CT molecular complexity index is 1230. The molecule has 31 heavy (non-hydrogen) atoms. The van der Waals surface area contributed by atoms with Gasteiger partial charge in [0.25, 0.3) is 5.91 Å². The number of aromatic nitrogens is 5. The molecule has 9 nitrogen and oxygen atoms in total. The van der Waals surface area contributed by atoms with Gasteiger partial charge in [-0.25, -0.2) is 19.9 Å². The smallest absolute Gasteiger partial charge is 0.251 e. The van der Waals surface area contributed by atoms with Gasteiger partial charge in [-0.3, -0.25) is 9.78 Å². The molecule has 9 heteroatoms. The summed E-state index contributed by atoms with van der Waals surface area (Å²) in [6.45, 7) is 2.73. The first-order valence-corrected chi connectivity index (χ1v) is 9.80. The number of para-hydroxylation sites is 1. The topological polar surface area (TPSA) is 132 Å². The Balaban J connectivity index is 1.55. The minimum atomic E-state index is -0.129. The van der Waals surface area contributed by atoms with Gasteiger partial charge in [0.05, 0.1) is 16.8 Å². The molecule has 1 aromatic carbocycles. The monoisotopic (exact) mass is 414 g/mol. The molecule has 1 atom stereocenters. The third-order valence-electron chi connectivity index (χ3n) is 5.03. The summed E-state index contributed by atoms with van der Waals surface area (Å²) in [6.07, 6.45) is 6.42. The minimum Gasteiger partial charge on any atom is -0.369 e. The number of hydrogen-bond donors (Lipinski definition) is 3. The van der Waals surface area contributed by atoms with Gasteiger partial charge >= 0.3 is 0 Å². The summed E-state index contributed by atoms with van der Waals surface area (Å²) in [4.78, 5) is 33.3. The van der Waals surface area contributed by atoms with E-state index in [1.54, 1.807) is 31.7 Å². The molecule has 4 rings (SSSR count). The van der Waals surface area contributed by atoms with Gasteiger partial charge in [-0.2, -0.15) is 0 Å². The number of nitrogen functional groups attached to an aromatic ring is 1. The number of fused-ring (bicyclic) bond motifs is 1. The van der Waals surface area contributed by atoms with Crippen molar-refractivity contribution < 1.29 is 4.79 Å². The third kappa shape index (κ3) is 4.25. The van der Waals surface area contributed by atoms with Crippen molar-refractivity contribution in [3.8, 4) is 11.3 Å². The van der Waals surface area contributed by atoms with Gasteiger partial charge in [-0.15, -0.1) is 0 Å². The van der Waals surface area contributed by atoms with Crippen molar-refractivity contribution in [1.82, 2.24) is 30.2 Å². The molecule has 0 unspecified atom stereocenters. The Kier molecular flexibility index (Phi) is 5.65. The molecule has 0 aliphatic carbocycles. The summed E-state index contributed by atoms with van der Waals surface area (Å²) in [6, 6.07) is 9.48. The van der Waals surface area contributed by atoms with Crippen molar-refractivity contribution >= 4 is 28.6 Å². The summed E-state index contributed by atoms with van der Waals surface area (Å²) in [5.74, 6) is 0.895. The van der Waals surface area contributed by atoms with E-state index >= 15 is 0 Å². The van der Waals surface area contributed by atoms with E-state index in [9.17, 15) is 4.79 Å². The molecule has 156 valence electrons. The zero-order chi connectivity index (χ0) is 21.8. The molecule has 4 aromatic rings. The molecule has 0 saturated carbocycles. The first-order valence-electron chi connectivity index (χ1n) is 9.80. The maximum Gasteiger partial charge on any atom is 0.251 e. The van der Waals surface area contributed by atoms with Crippen molar-refractivity contribution in [2.24, 2.45) is 0 Å². The van der Waals surface area contributed by atoms with Gasteiger partial charge in [-0.1, -0.05) is 25.1 Å². The van der Waals surface area contributed by atoms with Gasteiger partial charge < -0.3 is 16.4 Å². The standard InChI is InChI=1S/C22H22N8O/c1-13(15-4-3-5-16-17(21(31)24-2)6-7-25-20(15)16)9-26-19-8-18(29-12-30-19)14-10-27-22(23)28-11-14/h3-8,10-13H,9H2,1-2H3,(H,24,31)(H2,23,27,28)(H,26,29,30)/t13-/m1/s1. The molecule has 0 aliphatic rings. The summed E-state index contributed by atoms with van der Waals surface area (Å²) >= 11 is 0. The van der Waals surface area contributed by atoms with Crippen LogP contribution in [0.25, 0.3) is 22.2 Å². The molecule has 4 N–H and O–H groups in total. The fourth-order valence-electron chi connectivity index (χ4n) is 3.38. The lowest BCUT2D eigenvalue weighted by molar-refractivity contribution is 0.0964. The Morgan fingerprint density at radius 2 is 1.90 bits per heavy atom. The van der Waals surface area contributed by atoms with Crippen LogP contribution < -0.4 is 16.4 Å². The zero-order valence-electron chi connectivity index (χ0n) is 17.2. The molecule has 0 saturated heterocycles. The lowest BCUT2D eigenvalue weighted by Crippen LogP contribution is -2.18. The number of hydrogen-bond acceptors (Lipinski definition) is 8. The number of carbonyl (C=O) groups is 1. The van der Waals surface area contributed by atoms with Gasteiger partial charge in [0.2, 0.25) is 5.95 Å². The zero-order valence-corrected chi connectivity index (χ0v) is 17.2. The van der Waals surface area contributed by atoms with Gasteiger partial charge in [0.1, 0.15) is 12.1 Å². The summed E-state index contributed by atoms with van der Waals surface area (Å²) < 4.78 is 0. The van der Waals surface area contributed by atoms with Crippen LogP contribution in [0.5, 0.6) is 0 Å². The Labute approximate surface area is 179 Å². The van der Waals surface area contributed by atoms with Crippen LogP contribution in [0.1, 0.15) is 28.8 Å². The first kappa shape index (κ1) is 20.1. The predicted molar refractivity (Wildman–Crippen MR) is 120 cm³/mol. The van der Waals surface area contributed by atoms with Crippen LogP contribution in [0, 0.1) is 0 Å². The number of pyridine rings is 1. The lowest BCUT2D eigenvalue weighted by atomic mass is 9.96. The highest BCUT2D eigenvalue weighted by Gasteiger charge is 2.15. The van der Waals surface area contributed by atoms with Crippen LogP contribution in [0.15, 0.2) is 55.2 Å². The number of amides is 1. The molecule has 0 fully saturated rings. The maximum atomic E-state index is 12.2. The summed E-state index contributed by atoms with van der Waals surface area (Å²) in [5, 5.41) is 6.87. The second-order valence-electron chi connectivity index (χ2n) is 7.08. The van der Waals surface area contributed by atoms with Crippen LogP contribution in [0.4, 0.5) is 11.8 Å². The van der Waals surface area contributed by atoms with Crippen molar-refractivity contribution in [3.63, 3.8) is 0 Å². The molecule has 3 aromatic heterocycles. The average molecular weight is 414 g/mol. The van der Waals surface area contributed by atoms with Gasteiger partial charge in [-0.05, 0) is 11.6 Å². The van der Waals surface area contributed by atoms with Crippen molar-refractivity contribution in [1.29, 1.82) is 0 Å². The highest BCUT2D eigenvalue weighted by molar-refractivity contribution is 6.06. The number of nitrogens with two attached hydrogens (primary N) is 1. The number of anilines is 2. The van der Waals surface area contributed by atoms with Crippen LogP contribution in [0.2, 0.25) is 0 Å². The SMILES string of the molecule is CNC(=O)c1ccnc2c([C@H](C)CNc3cc(-c4cnc(N)nc4)ncn3)cccc12. The summed E-state index contributed by atoms with van der Waals surface area (Å²) in [7, 11) is 1.62. The van der Waals surface area contributed by atoms with Crippen molar-refractivity contribution in [3.05, 3.63) is 66.4 Å². The van der Waals surface area contributed by atoms with E-state index in [0.29, 0.717) is 23.6 Å². The largest absolute Gasteiger partial charge is 0.369 e. The molecule has 0 radical (unpaired) electrons. The molecule has 1 amide bonds. The molecule has 0 bridgehead atoms. The number of nitrogens with zero attached hydrogens (tertiary/aromatic N) is 5. The Morgan fingerprint density at radius 3 is 2.68 bits per heavy atom. The van der Waals surface area contributed by atoms with Gasteiger partial charge in [0, 0.05) is 55.1 Å².